The van der Waals surface area contributed by atoms with E-state index in [-0.39, 0.29) is 32.2 Å². The van der Waals surface area contributed by atoms with Crippen molar-refractivity contribution < 1.29 is 30.6 Å². The van der Waals surface area contributed by atoms with Crippen molar-refractivity contribution in [2.45, 2.75) is 40.0 Å². The minimum absolute atomic E-state index is 0. The molecule has 0 spiro atoms. The van der Waals surface area contributed by atoms with Crippen LogP contribution in [0.4, 0.5) is 0 Å². The molecule has 1 N–H and O–H groups in total. The zero-order chi connectivity index (χ0) is 30.6. The molecule has 0 aliphatic rings. The number of benzene rings is 5. The summed E-state index contributed by atoms with van der Waals surface area (Å²) in [4.78, 5) is 9.79. The minimum Gasteiger partial charge on any atom is -0.507 e. The maximum absolute atomic E-state index is 10.6. The third-order valence-corrected chi connectivity index (χ3v) is 8.26. The van der Waals surface area contributed by atoms with E-state index in [0.29, 0.717) is 17.0 Å². The normalized spacial score (nSPS) is 11.6. The Bertz CT molecular complexity index is 2190. The zero-order valence-electron chi connectivity index (χ0n) is 25.9. The van der Waals surface area contributed by atoms with Gasteiger partial charge in [0.2, 0.25) is 5.89 Å². The molecule has 226 valence electrons. The van der Waals surface area contributed by atoms with Gasteiger partial charge in [0.25, 0.3) is 0 Å². The number of rotatable bonds is 4. The second kappa shape index (κ2) is 11.8. The second-order valence-electron chi connectivity index (χ2n) is 12.6. The van der Waals surface area contributed by atoms with E-state index in [1.165, 1.54) is 11.1 Å². The quantitative estimate of drug-likeness (QED) is 0.181. The zero-order valence-corrected chi connectivity index (χ0v) is 28.2. The first-order valence-electron chi connectivity index (χ1n) is 14.9. The van der Waals surface area contributed by atoms with E-state index in [1.807, 2.05) is 42.6 Å². The molecule has 0 bridgehead atoms. The van der Waals surface area contributed by atoms with E-state index in [2.05, 4.69) is 89.2 Å². The number of nitrogens with zero attached hydrogens (tertiary/aromatic N) is 2. The van der Waals surface area contributed by atoms with Gasteiger partial charge in [-0.2, -0.15) is 0 Å². The maximum atomic E-state index is 10.6. The van der Waals surface area contributed by atoms with E-state index in [9.17, 15) is 5.11 Å². The maximum Gasteiger partial charge on any atom is 0.230 e. The van der Waals surface area contributed by atoms with Gasteiger partial charge in [0.15, 0.2) is 0 Å². The summed E-state index contributed by atoms with van der Waals surface area (Å²) in [6, 6.07) is 36.3. The Hall–Kier alpha value is -4.53. The molecule has 0 saturated carbocycles. The number of hydrogen-bond acceptors (Lipinski definition) is 4. The Kier molecular flexibility index (Phi) is 7.97. The first kappa shape index (κ1) is 30.5. The summed E-state index contributed by atoms with van der Waals surface area (Å²) in [6.07, 6.45) is 1.89. The number of pyridine rings is 1. The van der Waals surface area contributed by atoms with Gasteiger partial charge in [-0.1, -0.05) is 99.5 Å². The number of para-hydroxylation sites is 1. The van der Waals surface area contributed by atoms with Crippen molar-refractivity contribution >= 4 is 22.0 Å². The van der Waals surface area contributed by atoms with Gasteiger partial charge in [-0.05, 0) is 64.2 Å². The Balaban J connectivity index is 0.00000357. The van der Waals surface area contributed by atoms with Crippen molar-refractivity contribution in [1.29, 1.82) is 0 Å². The number of aromatic nitrogens is 2. The van der Waals surface area contributed by atoms with Crippen LogP contribution in [0.2, 0.25) is 0 Å². The molecule has 0 atom stereocenters. The molecule has 0 unspecified atom stereocenters. The molecule has 45 heavy (non-hydrogen) atoms. The number of phenols is 1. The van der Waals surface area contributed by atoms with Crippen LogP contribution in [-0.2, 0) is 26.5 Å². The number of hydrogen-bond donors (Lipinski definition) is 1. The van der Waals surface area contributed by atoms with Crippen LogP contribution in [0.5, 0.6) is 5.75 Å². The summed E-state index contributed by atoms with van der Waals surface area (Å²) >= 11 is 0. The fourth-order valence-electron chi connectivity index (χ4n) is 5.83. The Morgan fingerprint density at radius 3 is 2.11 bits per heavy atom. The van der Waals surface area contributed by atoms with Crippen molar-refractivity contribution in [1.82, 2.24) is 9.97 Å². The summed E-state index contributed by atoms with van der Waals surface area (Å²) in [5.74, 6) is 0.502. The Morgan fingerprint density at radius 1 is 0.711 bits per heavy atom. The van der Waals surface area contributed by atoms with Crippen molar-refractivity contribution in [2.24, 2.45) is 0 Å². The number of phenolic OH excluding ortho intramolecular Hbond substituents is 1. The van der Waals surface area contributed by atoms with Crippen molar-refractivity contribution in [3.05, 3.63) is 126 Å². The van der Waals surface area contributed by atoms with Crippen LogP contribution in [0.15, 0.2) is 108 Å². The van der Waals surface area contributed by atoms with Crippen LogP contribution in [0.25, 0.3) is 66.8 Å². The number of oxazole rings is 1. The molecule has 0 amide bonds. The van der Waals surface area contributed by atoms with Gasteiger partial charge < -0.3 is 9.52 Å². The predicted octanol–water partition coefficient (Wildman–Crippen LogP) is 10.5. The van der Waals surface area contributed by atoms with E-state index in [1.54, 1.807) is 12.1 Å². The fourth-order valence-corrected chi connectivity index (χ4v) is 5.83. The standard InChI is InChI=1S/C40H33N2O2.Pt/c1-24-17-28(19-29(18-24)34-23-30(40(3,4)5)22-32-25(2)15-16-41-37(32)34)33-20-27(26-11-7-6-8-12-26)21-36-38(33)42-39(44-36)31-13-9-10-14-35(31)43;/h6-18,20-23,43H,1-5H3;/q-1;. The monoisotopic (exact) mass is 768 g/mol. The second-order valence-corrected chi connectivity index (χ2v) is 12.6. The van der Waals surface area contributed by atoms with Crippen LogP contribution in [0.1, 0.15) is 37.5 Å². The van der Waals surface area contributed by atoms with Gasteiger partial charge >= 0.3 is 0 Å². The van der Waals surface area contributed by atoms with Gasteiger partial charge in [-0.25, -0.2) is 4.98 Å². The first-order chi connectivity index (χ1) is 21.2. The summed E-state index contributed by atoms with van der Waals surface area (Å²) < 4.78 is 6.33. The average Bonchev–Trinajstić information content (AvgIpc) is 3.44. The molecule has 5 aromatic carbocycles. The van der Waals surface area contributed by atoms with Crippen LogP contribution in [-0.4, -0.2) is 15.1 Å². The van der Waals surface area contributed by atoms with Crippen LogP contribution in [0.3, 0.4) is 0 Å². The van der Waals surface area contributed by atoms with E-state index in [4.69, 9.17) is 14.4 Å². The predicted molar refractivity (Wildman–Crippen MR) is 180 cm³/mol. The molecule has 5 heteroatoms. The molecule has 0 fully saturated rings. The van der Waals surface area contributed by atoms with Crippen molar-refractivity contribution in [3.63, 3.8) is 0 Å². The molecule has 4 nitrogen and oxygen atoms in total. The molecule has 2 aromatic heterocycles. The molecule has 7 rings (SSSR count). The van der Waals surface area contributed by atoms with E-state index < -0.39 is 0 Å². The number of aromatic hydroxyl groups is 1. The number of aryl methyl sites for hydroxylation is 2. The van der Waals surface area contributed by atoms with E-state index >= 15 is 0 Å². The van der Waals surface area contributed by atoms with Crippen molar-refractivity contribution in [2.75, 3.05) is 0 Å². The minimum atomic E-state index is -0.0336. The molecular weight excluding hydrogens is 736 g/mol. The smallest absolute Gasteiger partial charge is 0.230 e. The third-order valence-electron chi connectivity index (χ3n) is 8.26. The SMILES string of the molecule is Cc1cc(-c2cc(-c3ccccc3)cc3oc(-c4ccccc4O)nc23)[c-]c(-c2cc(C(C)(C)C)cc3c(C)ccnc23)c1.[Pt]. The van der Waals surface area contributed by atoms with Crippen LogP contribution < -0.4 is 0 Å². The molecule has 0 radical (unpaired) electrons. The Morgan fingerprint density at radius 2 is 1.40 bits per heavy atom. The fraction of sp³-hybridized carbons (Fsp3) is 0.150. The summed E-state index contributed by atoms with van der Waals surface area (Å²) in [5, 5.41) is 11.7. The molecule has 0 aliphatic heterocycles. The summed E-state index contributed by atoms with van der Waals surface area (Å²) in [6.45, 7) is 11.0. The van der Waals surface area contributed by atoms with Crippen LogP contribution >= 0.6 is 0 Å². The van der Waals surface area contributed by atoms with E-state index in [0.717, 1.165) is 55.4 Å². The third kappa shape index (κ3) is 5.71. The molecule has 7 aromatic rings. The van der Waals surface area contributed by atoms with Gasteiger partial charge in [0, 0.05) is 32.8 Å². The number of fused-ring (bicyclic) bond motifs is 2. The molecule has 2 heterocycles. The Labute approximate surface area is 278 Å². The first-order valence-corrected chi connectivity index (χ1v) is 14.9. The van der Waals surface area contributed by atoms with Gasteiger partial charge in [-0.15, -0.1) is 34.9 Å². The summed E-state index contributed by atoms with van der Waals surface area (Å²) in [7, 11) is 0. The van der Waals surface area contributed by atoms with Gasteiger partial charge in [0.1, 0.15) is 11.3 Å². The molecule has 0 aliphatic carbocycles. The topological polar surface area (TPSA) is 59.2 Å². The van der Waals surface area contributed by atoms with Crippen molar-refractivity contribution in [3.8, 4) is 50.6 Å². The molecular formula is C40H33N2O2Pt-. The van der Waals surface area contributed by atoms with Gasteiger partial charge in [-0.3, -0.25) is 4.98 Å². The summed E-state index contributed by atoms with van der Waals surface area (Å²) in [5.41, 5.74) is 12.4. The largest absolute Gasteiger partial charge is 0.507 e. The molecule has 0 saturated heterocycles. The van der Waals surface area contributed by atoms with Crippen LogP contribution in [0, 0.1) is 19.9 Å². The van der Waals surface area contributed by atoms with Gasteiger partial charge in [0.05, 0.1) is 11.1 Å². The average molecular weight is 769 g/mol.